The van der Waals surface area contributed by atoms with E-state index in [2.05, 4.69) is 46.9 Å². The minimum Gasteiger partial charge on any atom is -0.465 e. The Morgan fingerprint density at radius 2 is 1.50 bits per heavy atom. The van der Waals surface area contributed by atoms with Crippen molar-refractivity contribution in [2.24, 2.45) is 50.2 Å². The Kier molecular flexibility index (Phi) is 10.3. The van der Waals surface area contributed by atoms with Gasteiger partial charge in [0.2, 0.25) is 11.8 Å². The van der Waals surface area contributed by atoms with E-state index in [0.717, 1.165) is 38.5 Å². The number of allylic oxidation sites excluding steroid dienone is 2. The lowest BCUT2D eigenvalue weighted by Gasteiger charge is -2.70. The van der Waals surface area contributed by atoms with Gasteiger partial charge in [-0.25, -0.2) is 0 Å². The molecular weight excluding hydrogens is 636 g/mol. The number of fused-ring (bicyclic) bond motifs is 7. The molecule has 2 N–H and O–H groups in total. The van der Waals surface area contributed by atoms with Crippen LogP contribution in [-0.2, 0) is 33.4 Å². The zero-order chi connectivity index (χ0) is 37.1. The van der Waals surface area contributed by atoms with Crippen LogP contribution in [0.4, 0.5) is 0 Å². The van der Waals surface area contributed by atoms with Crippen LogP contribution >= 0.6 is 0 Å². The quantitative estimate of drug-likeness (QED) is 0.306. The Morgan fingerprint density at radius 3 is 2.16 bits per heavy atom. The number of aliphatic hydroxyl groups is 1. The number of amides is 2. The number of carbonyl (C=O) groups excluding carboxylic acids is 5. The van der Waals surface area contributed by atoms with Crippen molar-refractivity contribution in [1.82, 2.24) is 10.2 Å². The van der Waals surface area contributed by atoms with Gasteiger partial charge in [0.15, 0.2) is 5.78 Å². The molecule has 10 nitrogen and oxygen atoms in total. The fourth-order valence-electron chi connectivity index (χ4n) is 11.9. The molecule has 5 aliphatic rings. The summed E-state index contributed by atoms with van der Waals surface area (Å²) in [4.78, 5) is 68.0. The first kappa shape index (κ1) is 38.5. The number of aliphatic hydroxyl groups excluding tert-OH is 1. The molecule has 0 spiro atoms. The highest BCUT2D eigenvalue weighted by atomic mass is 16.5. The summed E-state index contributed by atoms with van der Waals surface area (Å²) in [5.74, 6) is -1.74. The van der Waals surface area contributed by atoms with Gasteiger partial charge in [0, 0.05) is 11.3 Å². The SMILES string of the molecule is CCOC(=O)CNC(=O)CN(CC(=O)OCC)C(=O)[C@@]1(C)CC[C@]2(C)CC[C@]3(C)C(=CC(=O)[C@@H]4[C@@]5(C)CC[C@H](O)C(C)(C)[C@@H]5CC[C@]43C)[C@@H]2C1. The lowest BCUT2D eigenvalue weighted by Crippen LogP contribution is -2.66. The summed E-state index contributed by atoms with van der Waals surface area (Å²) >= 11 is 0. The molecule has 0 aromatic rings. The summed E-state index contributed by atoms with van der Waals surface area (Å²) in [7, 11) is 0. The average Bonchev–Trinajstić information content (AvgIpc) is 3.03. The summed E-state index contributed by atoms with van der Waals surface area (Å²) in [6.07, 6.45) is 8.93. The third-order valence-corrected chi connectivity index (χ3v) is 15.1. The molecule has 0 heterocycles. The average molecular weight is 699 g/mol. The molecule has 4 saturated carbocycles. The molecule has 5 aliphatic carbocycles. The van der Waals surface area contributed by atoms with Crippen molar-refractivity contribution in [1.29, 1.82) is 0 Å². The zero-order valence-electron chi connectivity index (χ0n) is 32.0. The first-order chi connectivity index (χ1) is 23.2. The summed E-state index contributed by atoms with van der Waals surface area (Å²) < 4.78 is 10.1. The number of carbonyl (C=O) groups is 5. The van der Waals surface area contributed by atoms with Crippen LogP contribution in [0.1, 0.15) is 120 Å². The van der Waals surface area contributed by atoms with Gasteiger partial charge < -0.3 is 24.8 Å². The topological polar surface area (TPSA) is 139 Å². The van der Waals surface area contributed by atoms with Crippen LogP contribution in [-0.4, -0.2) is 78.5 Å². The standard InChI is InChI=1S/C40H62N2O8/c1-10-49-31(46)22-41-30(45)23-42(24-32(47)50-11-2)34(48)37(6)17-16-36(5)18-19-39(8)25(26(36)21-37)20-27(43)33-38(7)14-13-29(44)35(3,4)28(38)12-15-40(33,39)9/h20,26,28-29,33,44H,10-19,21-24H2,1-9H3,(H,41,45)/t26-,28-,29-,33+,36+,37-,38-,39+,40+/m0/s1. The van der Waals surface area contributed by atoms with Gasteiger partial charge in [-0.05, 0) is 117 Å². The van der Waals surface area contributed by atoms with Crippen molar-refractivity contribution >= 4 is 29.5 Å². The van der Waals surface area contributed by atoms with E-state index < -0.39 is 29.8 Å². The second-order valence-electron chi connectivity index (χ2n) is 18.2. The van der Waals surface area contributed by atoms with E-state index in [-0.39, 0.29) is 88.9 Å². The molecule has 5 rings (SSSR count). The maximum absolute atomic E-state index is 14.7. The molecule has 0 aliphatic heterocycles. The smallest absolute Gasteiger partial charge is 0.325 e. The Bertz CT molecular complexity index is 1440. The summed E-state index contributed by atoms with van der Waals surface area (Å²) in [6, 6.07) is 0. The maximum atomic E-state index is 14.7. The van der Waals surface area contributed by atoms with Crippen molar-refractivity contribution in [3.05, 3.63) is 11.6 Å². The molecule has 0 aromatic carbocycles. The number of nitrogens with zero attached hydrogens (tertiary/aromatic N) is 1. The monoisotopic (exact) mass is 698 g/mol. The number of ketones is 1. The molecular formula is C40H62N2O8. The van der Waals surface area contributed by atoms with Gasteiger partial charge in [0.05, 0.1) is 19.3 Å². The molecule has 0 radical (unpaired) electrons. The van der Waals surface area contributed by atoms with Crippen molar-refractivity contribution < 1.29 is 38.6 Å². The van der Waals surface area contributed by atoms with Crippen molar-refractivity contribution in [3.8, 4) is 0 Å². The van der Waals surface area contributed by atoms with Crippen molar-refractivity contribution in [3.63, 3.8) is 0 Å². The highest BCUT2D eigenvalue weighted by Gasteiger charge is 2.70. The van der Waals surface area contributed by atoms with Gasteiger partial charge in [-0.1, -0.05) is 54.0 Å². The van der Waals surface area contributed by atoms with E-state index >= 15 is 0 Å². The van der Waals surface area contributed by atoms with Crippen LogP contribution in [0.15, 0.2) is 11.6 Å². The second-order valence-corrected chi connectivity index (χ2v) is 18.2. The second kappa shape index (κ2) is 13.3. The lowest BCUT2D eigenvalue weighted by atomic mass is 9.33. The Morgan fingerprint density at radius 1 is 0.860 bits per heavy atom. The normalized spacial score (nSPS) is 40.1. The van der Waals surface area contributed by atoms with E-state index in [9.17, 15) is 29.1 Å². The van der Waals surface area contributed by atoms with Crippen LogP contribution < -0.4 is 5.32 Å². The fraction of sp³-hybridized carbons (Fsp3) is 0.825. The molecule has 50 heavy (non-hydrogen) atoms. The Hall–Kier alpha value is -2.75. The van der Waals surface area contributed by atoms with E-state index in [0.29, 0.717) is 19.3 Å². The molecule has 0 saturated heterocycles. The van der Waals surface area contributed by atoms with E-state index in [1.165, 1.54) is 10.5 Å². The highest BCUT2D eigenvalue weighted by molar-refractivity contribution is 5.96. The number of esters is 2. The molecule has 0 bridgehead atoms. The molecule has 0 unspecified atom stereocenters. The largest absolute Gasteiger partial charge is 0.465 e. The van der Waals surface area contributed by atoms with E-state index in [1.54, 1.807) is 13.8 Å². The zero-order valence-corrected chi connectivity index (χ0v) is 32.0. The molecule has 9 atom stereocenters. The third kappa shape index (κ3) is 6.13. The van der Waals surface area contributed by atoms with Gasteiger partial charge in [-0.3, -0.25) is 24.0 Å². The summed E-state index contributed by atoms with van der Waals surface area (Å²) in [5, 5.41) is 13.6. The van der Waals surface area contributed by atoms with Crippen molar-refractivity contribution in [2.45, 2.75) is 126 Å². The highest BCUT2D eigenvalue weighted by Crippen LogP contribution is 2.75. The van der Waals surface area contributed by atoms with Gasteiger partial charge in [0.1, 0.15) is 19.6 Å². The Balaban J connectivity index is 1.46. The van der Waals surface area contributed by atoms with Crippen LogP contribution in [0.5, 0.6) is 0 Å². The third-order valence-electron chi connectivity index (χ3n) is 15.1. The number of nitrogens with one attached hydrogen (secondary N) is 1. The van der Waals surface area contributed by atoms with Gasteiger partial charge in [0.25, 0.3) is 0 Å². The van der Waals surface area contributed by atoms with Gasteiger partial charge >= 0.3 is 11.9 Å². The first-order valence-electron chi connectivity index (χ1n) is 19.0. The molecule has 4 fully saturated rings. The minimum atomic E-state index is -0.884. The summed E-state index contributed by atoms with van der Waals surface area (Å²) in [6.45, 7) is 18.3. The molecule has 280 valence electrons. The van der Waals surface area contributed by atoms with Crippen LogP contribution in [0.3, 0.4) is 0 Å². The van der Waals surface area contributed by atoms with Crippen molar-refractivity contribution in [2.75, 3.05) is 32.8 Å². The van der Waals surface area contributed by atoms with E-state index in [4.69, 9.17) is 9.47 Å². The first-order valence-corrected chi connectivity index (χ1v) is 19.0. The molecule has 0 aromatic heterocycles. The number of hydrogen-bond donors (Lipinski definition) is 2. The van der Waals surface area contributed by atoms with Gasteiger partial charge in [-0.15, -0.1) is 0 Å². The summed E-state index contributed by atoms with van der Waals surface area (Å²) in [5.41, 5.74) is -0.763. The minimum absolute atomic E-state index is 0.0112. The lowest BCUT2D eigenvalue weighted by molar-refractivity contribution is -0.202. The van der Waals surface area contributed by atoms with Crippen LogP contribution in [0, 0.1) is 50.2 Å². The predicted octanol–water partition coefficient (Wildman–Crippen LogP) is 5.40. The van der Waals surface area contributed by atoms with Crippen LogP contribution in [0.2, 0.25) is 0 Å². The molecule has 10 heteroatoms. The predicted molar refractivity (Wildman–Crippen MR) is 188 cm³/mol. The number of ether oxygens (including phenoxy) is 2. The van der Waals surface area contributed by atoms with E-state index in [1.807, 2.05) is 13.0 Å². The van der Waals surface area contributed by atoms with Gasteiger partial charge in [-0.2, -0.15) is 0 Å². The van der Waals surface area contributed by atoms with Crippen LogP contribution in [0.25, 0.3) is 0 Å². The Labute approximate surface area is 298 Å². The molecule has 2 amide bonds. The fourth-order valence-corrected chi connectivity index (χ4v) is 11.9. The number of rotatable bonds is 9. The number of hydrogen-bond acceptors (Lipinski definition) is 8. The maximum Gasteiger partial charge on any atom is 0.325 e.